The molecule has 14 heavy (non-hydrogen) atoms. The highest BCUT2D eigenvalue weighted by Crippen LogP contribution is 2.31. The van der Waals surface area contributed by atoms with Crippen LogP contribution < -0.4 is 0 Å². The maximum absolute atomic E-state index is 3.71. The van der Waals surface area contributed by atoms with Gasteiger partial charge in [0.2, 0.25) is 0 Å². The molecule has 0 nitrogen and oxygen atoms in total. The Kier molecular flexibility index (Phi) is 8.79. The minimum absolute atomic E-state index is 0.166. The quantitative estimate of drug-likeness (QED) is 0.370. The lowest BCUT2D eigenvalue weighted by molar-refractivity contribution is 0.638. The first-order chi connectivity index (χ1) is 6.41. The molecule has 0 radical (unpaired) electrons. The van der Waals surface area contributed by atoms with E-state index < -0.39 is 0 Å². The third-order valence-corrected chi connectivity index (χ3v) is 5.81. The van der Waals surface area contributed by atoms with E-state index in [0.29, 0.717) is 4.83 Å². The number of allylic oxidation sites excluding steroid dienone is 2. The minimum Gasteiger partial charge on any atom is -0.0883 e. The standard InChI is InChI=1S/C10H16Br4/c1-10(2,14)9(13)4-3-8(7-12)5-6-11/h5,9H,3-4,6-7H2,1-2H3/b8-5+. The molecule has 0 bridgehead atoms. The molecule has 0 amide bonds. The van der Waals surface area contributed by atoms with E-state index in [1.54, 1.807) is 0 Å². The first-order valence-electron chi connectivity index (χ1n) is 4.54. The first kappa shape index (κ1) is 15.7. The Labute approximate surface area is 121 Å². The maximum atomic E-state index is 3.71. The topological polar surface area (TPSA) is 0 Å². The zero-order valence-corrected chi connectivity index (χ0v) is 14.8. The summed E-state index contributed by atoms with van der Waals surface area (Å²) in [5.74, 6) is 0. The lowest BCUT2D eigenvalue weighted by Gasteiger charge is -2.23. The van der Waals surface area contributed by atoms with Gasteiger partial charge < -0.3 is 0 Å². The van der Waals surface area contributed by atoms with Crippen LogP contribution in [0, 0.1) is 0 Å². The molecule has 0 aromatic heterocycles. The van der Waals surface area contributed by atoms with Gasteiger partial charge in [-0.05, 0) is 26.7 Å². The van der Waals surface area contributed by atoms with Gasteiger partial charge in [0.05, 0.1) is 0 Å². The summed E-state index contributed by atoms with van der Waals surface area (Å²) in [5.41, 5.74) is 1.46. The van der Waals surface area contributed by atoms with E-state index >= 15 is 0 Å². The van der Waals surface area contributed by atoms with E-state index in [1.807, 2.05) is 0 Å². The predicted molar refractivity (Wildman–Crippen MR) is 80.6 cm³/mol. The first-order valence-corrected chi connectivity index (χ1v) is 8.49. The van der Waals surface area contributed by atoms with Crippen LogP contribution in [-0.4, -0.2) is 19.8 Å². The van der Waals surface area contributed by atoms with Crippen LogP contribution in [0.15, 0.2) is 11.6 Å². The van der Waals surface area contributed by atoms with Crippen molar-refractivity contribution in [2.75, 3.05) is 10.7 Å². The highest BCUT2D eigenvalue weighted by atomic mass is 79.9. The summed E-state index contributed by atoms with van der Waals surface area (Å²) in [7, 11) is 0. The second-order valence-electron chi connectivity index (χ2n) is 3.72. The fourth-order valence-electron chi connectivity index (χ4n) is 0.988. The van der Waals surface area contributed by atoms with Crippen molar-refractivity contribution >= 4 is 63.7 Å². The molecular weight excluding hydrogens is 440 g/mol. The average molecular weight is 456 g/mol. The molecule has 0 heterocycles. The Bertz CT molecular complexity index is 181. The van der Waals surface area contributed by atoms with Gasteiger partial charge in [-0.2, -0.15) is 0 Å². The second-order valence-corrected chi connectivity index (χ2v) is 8.08. The number of halogens is 4. The summed E-state index contributed by atoms with van der Waals surface area (Å²) in [6, 6.07) is 0. The van der Waals surface area contributed by atoms with Crippen molar-refractivity contribution < 1.29 is 0 Å². The third kappa shape index (κ3) is 7.02. The molecule has 0 saturated heterocycles. The number of alkyl halides is 4. The van der Waals surface area contributed by atoms with E-state index in [9.17, 15) is 0 Å². The monoisotopic (exact) mass is 452 g/mol. The van der Waals surface area contributed by atoms with Crippen LogP contribution in [0.2, 0.25) is 0 Å². The van der Waals surface area contributed by atoms with Crippen LogP contribution in [0.25, 0.3) is 0 Å². The summed E-state index contributed by atoms with van der Waals surface area (Å²) >= 11 is 14.3. The average Bonchev–Trinajstić information content (AvgIpc) is 2.10. The normalized spacial score (nSPS) is 15.7. The molecule has 0 aliphatic rings. The maximum Gasteiger partial charge on any atom is 0.0326 e. The Morgan fingerprint density at radius 3 is 2.29 bits per heavy atom. The zero-order valence-electron chi connectivity index (χ0n) is 8.49. The lowest BCUT2D eigenvalue weighted by atomic mass is 10.0. The Morgan fingerprint density at radius 1 is 1.36 bits per heavy atom. The van der Waals surface area contributed by atoms with Crippen LogP contribution >= 0.6 is 63.7 Å². The van der Waals surface area contributed by atoms with Gasteiger partial charge in [0.1, 0.15) is 0 Å². The van der Waals surface area contributed by atoms with E-state index in [2.05, 4.69) is 83.6 Å². The Hall–Kier alpha value is 1.66. The molecule has 0 aromatic carbocycles. The van der Waals surface area contributed by atoms with Gasteiger partial charge in [0.25, 0.3) is 0 Å². The van der Waals surface area contributed by atoms with Crippen molar-refractivity contribution in [3.8, 4) is 0 Å². The summed E-state index contributed by atoms with van der Waals surface area (Å²) < 4.78 is 0.166. The van der Waals surface area contributed by atoms with Crippen LogP contribution in [0.4, 0.5) is 0 Å². The van der Waals surface area contributed by atoms with Crippen molar-refractivity contribution in [1.29, 1.82) is 0 Å². The summed E-state index contributed by atoms with van der Waals surface area (Å²) in [6.07, 6.45) is 4.53. The molecule has 1 atom stereocenters. The fourth-order valence-corrected chi connectivity index (χ4v) is 2.41. The van der Waals surface area contributed by atoms with Gasteiger partial charge in [0, 0.05) is 19.8 Å². The molecule has 4 heteroatoms. The number of rotatable bonds is 6. The van der Waals surface area contributed by atoms with Gasteiger partial charge in [0.15, 0.2) is 0 Å². The van der Waals surface area contributed by atoms with Crippen molar-refractivity contribution in [3.63, 3.8) is 0 Å². The SMILES string of the molecule is CC(C)(Br)C(Br)CC/C(=C\CBr)CBr. The molecule has 1 unspecified atom stereocenters. The summed E-state index contributed by atoms with van der Waals surface area (Å²) in [4.78, 5) is 0.507. The van der Waals surface area contributed by atoms with Crippen molar-refractivity contribution in [1.82, 2.24) is 0 Å². The third-order valence-electron chi connectivity index (χ3n) is 2.00. The van der Waals surface area contributed by atoms with E-state index in [0.717, 1.165) is 23.5 Å². The Morgan fingerprint density at radius 2 is 1.93 bits per heavy atom. The van der Waals surface area contributed by atoms with Crippen LogP contribution in [0.5, 0.6) is 0 Å². The van der Waals surface area contributed by atoms with E-state index in [1.165, 1.54) is 5.57 Å². The Balaban J connectivity index is 3.98. The molecule has 84 valence electrons. The summed E-state index contributed by atoms with van der Waals surface area (Å²) in [5, 5.41) is 1.92. The molecule has 0 N–H and O–H groups in total. The fraction of sp³-hybridized carbons (Fsp3) is 0.800. The molecule has 0 aliphatic heterocycles. The molecular formula is C10H16Br4. The highest BCUT2D eigenvalue weighted by molar-refractivity contribution is 9.12. The van der Waals surface area contributed by atoms with Crippen LogP contribution in [0.1, 0.15) is 26.7 Å². The van der Waals surface area contributed by atoms with Gasteiger partial charge in [-0.1, -0.05) is 75.4 Å². The zero-order chi connectivity index (χ0) is 11.2. The van der Waals surface area contributed by atoms with Crippen molar-refractivity contribution in [3.05, 3.63) is 11.6 Å². The number of hydrogen-bond donors (Lipinski definition) is 0. The molecule has 0 saturated carbocycles. The van der Waals surface area contributed by atoms with Gasteiger partial charge in [-0.15, -0.1) is 0 Å². The molecule has 0 aliphatic carbocycles. The molecule has 0 rings (SSSR count). The van der Waals surface area contributed by atoms with Crippen LogP contribution in [0.3, 0.4) is 0 Å². The van der Waals surface area contributed by atoms with Gasteiger partial charge >= 0.3 is 0 Å². The second kappa shape index (κ2) is 7.86. The van der Waals surface area contributed by atoms with E-state index in [4.69, 9.17) is 0 Å². The smallest absolute Gasteiger partial charge is 0.0326 e. The minimum atomic E-state index is 0.166. The lowest BCUT2D eigenvalue weighted by Crippen LogP contribution is -2.24. The van der Waals surface area contributed by atoms with E-state index in [-0.39, 0.29) is 4.32 Å². The largest absolute Gasteiger partial charge is 0.0883 e. The van der Waals surface area contributed by atoms with Gasteiger partial charge in [-0.3, -0.25) is 0 Å². The van der Waals surface area contributed by atoms with Crippen molar-refractivity contribution in [2.24, 2.45) is 0 Å². The van der Waals surface area contributed by atoms with Crippen LogP contribution in [-0.2, 0) is 0 Å². The highest BCUT2D eigenvalue weighted by Gasteiger charge is 2.23. The number of hydrogen-bond acceptors (Lipinski definition) is 0. The molecule has 0 fully saturated rings. The van der Waals surface area contributed by atoms with Crippen molar-refractivity contribution in [2.45, 2.75) is 35.8 Å². The van der Waals surface area contributed by atoms with Gasteiger partial charge in [-0.25, -0.2) is 0 Å². The predicted octanol–water partition coefficient (Wildman–Crippen LogP) is 5.42. The molecule has 0 aromatic rings. The summed E-state index contributed by atoms with van der Waals surface area (Å²) in [6.45, 7) is 4.38. The molecule has 0 spiro atoms.